The summed E-state index contributed by atoms with van der Waals surface area (Å²) in [6, 6.07) is 11.0. The molecule has 0 aliphatic carbocycles. The number of nitrogens with one attached hydrogen (secondary N) is 2. The Kier molecular flexibility index (Phi) is 6.09. The normalized spacial score (nSPS) is 11.7. The van der Waals surface area contributed by atoms with Crippen LogP contribution in [0.1, 0.15) is 43.6 Å². The van der Waals surface area contributed by atoms with E-state index in [4.69, 9.17) is 0 Å². The van der Waals surface area contributed by atoms with Crippen molar-refractivity contribution in [2.75, 3.05) is 11.3 Å². The molecule has 1 amide bonds. The van der Waals surface area contributed by atoms with Crippen LogP contribution in [0.5, 0.6) is 0 Å². The van der Waals surface area contributed by atoms with Gasteiger partial charge in [0.15, 0.2) is 0 Å². The van der Waals surface area contributed by atoms with Gasteiger partial charge in [-0.3, -0.25) is 18.9 Å². The van der Waals surface area contributed by atoms with Crippen LogP contribution in [0.2, 0.25) is 0 Å². The number of fused-ring (bicyclic) bond motifs is 1. The van der Waals surface area contributed by atoms with Gasteiger partial charge in [-0.1, -0.05) is 30.4 Å². The molecule has 1 heterocycles. The summed E-state index contributed by atoms with van der Waals surface area (Å²) in [6.45, 7) is 6.24. The Morgan fingerprint density at radius 2 is 1.90 bits per heavy atom. The predicted molar refractivity (Wildman–Crippen MR) is 116 cm³/mol. The number of sulfonamides is 1. The summed E-state index contributed by atoms with van der Waals surface area (Å²) in [4.78, 5) is 24.5. The number of nitrogens with zero attached hydrogens (tertiary/aromatic N) is 1. The van der Waals surface area contributed by atoms with Crippen molar-refractivity contribution in [3.05, 3.63) is 57.7 Å². The molecule has 0 saturated carbocycles. The Bertz CT molecular complexity index is 1210. The summed E-state index contributed by atoms with van der Waals surface area (Å²) < 4.78 is 30.6. The highest BCUT2D eigenvalue weighted by atomic mass is 32.2. The zero-order valence-electron chi connectivity index (χ0n) is 16.4. The fourth-order valence-corrected chi connectivity index (χ4v) is 5.21. The molecule has 0 aliphatic rings. The van der Waals surface area contributed by atoms with Crippen molar-refractivity contribution in [3.8, 4) is 0 Å². The van der Waals surface area contributed by atoms with Crippen molar-refractivity contribution in [3.63, 3.8) is 0 Å². The minimum absolute atomic E-state index is 0.0228. The first-order valence-electron chi connectivity index (χ1n) is 9.29. The Morgan fingerprint density at radius 1 is 1.17 bits per heavy atom. The van der Waals surface area contributed by atoms with Crippen LogP contribution >= 0.6 is 11.3 Å². The first-order valence-corrected chi connectivity index (χ1v) is 11.6. The second-order valence-electron chi connectivity index (χ2n) is 6.87. The molecule has 1 aromatic heterocycles. The monoisotopic (exact) mass is 433 g/mol. The molecule has 0 spiro atoms. The number of para-hydroxylation sites is 1. The third kappa shape index (κ3) is 4.35. The van der Waals surface area contributed by atoms with E-state index in [1.54, 1.807) is 34.9 Å². The zero-order chi connectivity index (χ0) is 21.2. The summed E-state index contributed by atoms with van der Waals surface area (Å²) in [6.07, 6.45) is 0.776. The summed E-state index contributed by atoms with van der Waals surface area (Å²) in [5.74, 6) is -0.340. The SMILES string of the molecule is CCCNC(=O)c1ccccc1NS(=O)(=O)c1ccc2c(c1)sc(=O)n2C(C)C. The molecule has 154 valence electrons. The van der Waals surface area contributed by atoms with Crippen molar-refractivity contribution < 1.29 is 13.2 Å². The van der Waals surface area contributed by atoms with Crippen LogP contribution in [0, 0.1) is 0 Å². The molecule has 0 aliphatic heterocycles. The van der Waals surface area contributed by atoms with Gasteiger partial charge in [0.2, 0.25) is 0 Å². The molecule has 0 fully saturated rings. The largest absolute Gasteiger partial charge is 0.352 e. The van der Waals surface area contributed by atoms with Gasteiger partial charge in [0, 0.05) is 12.6 Å². The third-order valence-corrected chi connectivity index (χ3v) is 6.64. The van der Waals surface area contributed by atoms with Crippen molar-refractivity contribution in [1.29, 1.82) is 0 Å². The Morgan fingerprint density at radius 3 is 2.59 bits per heavy atom. The fourth-order valence-electron chi connectivity index (χ4n) is 2.98. The van der Waals surface area contributed by atoms with E-state index >= 15 is 0 Å². The minimum Gasteiger partial charge on any atom is -0.352 e. The number of carbonyl (C=O) groups is 1. The maximum Gasteiger partial charge on any atom is 0.308 e. The Labute approximate surface area is 173 Å². The molecule has 7 nitrogen and oxygen atoms in total. The van der Waals surface area contributed by atoms with Crippen LogP contribution in [0.15, 0.2) is 52.2 Å². The number of hydrogen-bond acceptors (Lipinski definition) is 5. The van der Waals surface area contributed by atoms with Gasteiger partial charge in [0.1, 0.15) is 0 Å². The van der Waals surface area contributed by atoms with Gasteiger partial charge in [-0.25, -0.2) is 8.42 Å². The molecular formula is C20H23N3O4S2. The average Bonchev–Trinajstić information content (AvgIpc) is 3.01. The smallest absolute Gasteiger partial charge is 0.308 e. The van der Waals surface area contributed by atoms with Gasteiger partial charge in [-0.05, 0) is 50.6 Å². The molecule has 2 N–H and O–H groups in total. The summed E-state index contributed by atoms with van der Waals surface area (Å²) in [5.41, 5.74) is 1.16. The lowest BCUT2D eigenvalue weighted by atomic mass is 10.1. The van der Waals surface area contributed by atoms with Gasteiger partial charge in [0.05, 0.1) is 26.4 Å². The minimum atomic E-state index is -3.94. The Hall–Kier alpha value is -2.65. The van der Waals surface area contributed by atoms with Crippen molar-refractivity contribution in [2.45, 2.75) is 38.1 Å². The third-order valence-electron chi connectivity index (χ3n) is 4.36. The second-order valence-corrected chi connectivity index (χ2v) is 9.54. The highest BCUT2D eigenvalue weighted by Gasteiger charge is 2.20. The van der Waals surface area contributed by atoms with Gasteiger partial charge >= 0.3 is 4.87 Å². The summed E-state index contributed by atoms with van der Waals surface area (Å²) in [7, 11) is -3.94. The van der Waals surface area contributed by atoms with Crippen LogP contribution in [0.4, 0.5) is 5.69 Å². The van der Waals surface area contributed by atoms with Crippen molar-refractivity contribution >= 4 is 43.2 Å². The molecule has 0 bridgehead atoms. The predicted octanol–water partition coefficient (Wildman–Crippen LogP) is 3.58. The lowest BCUT2D eigenvalue weighted by Crippen LogP contribution is -2.25. The lowest BCUT2D eigenvalue weighted by Gasteiger charge is -2.13. The number of carbonyl (C=O) groups excluding carboxylic acids is 1. The highest BCUT2D eigenvalue weighted by Crippen LogP contribution is 2.26. The molecule has 3 aromatic rings. The molecule has 0 saturated heterocycles. The number of amides is 1. The molecular weight excluding hydrogens is 410 g/mol. The van der Waals surface area contributed by atoms with E-state index in [0.29, 0.717) is 16.8 Å². The fraction of sp³-hybridized carbons (Fsp3) is 0.300. The van der Waals surface area contributed by atoms with E-state index in [1.807, 2.05) is 20.8 Å². The number of hydrogen-bond donors (Lipinski definition) is 2. The van der Waals surface area contributed by atoms with Gasteiger partial charge < -0.3 is 5.32 Å². The number of aromatic nitrogens is 1. The van der Waals surface area contributed by atoms with Gasteiger partial charge in [-0.2, -0.15) is 0 Å². The summed E-state index contributed by atoms with van der Waals surface area (Å²) >= 11 is 1.01. The molecule has 2 aromatic carbocycles. The van der Waals surface area contributed by atoms with E-state index in [2.05, 4.69) is 10.0 Å². The Balaban J connectivity index is 1.97. The molecule has 0 unspecified atom stereocenters. The lowest BCUT2D eigenvalue weighted by molar-refractivity contribution is 0.0954. The zero-order valence-corrected chi connectivity index (χ0v) is 18.1. The quantitative estimate of drug-likeness (QED) is 0.595. The molecule has 9 heteroatoms. The van der Waals surface area contributed by atoms with E-state index in [1.165, 1.54) is 12.1 Å². The van der Waals surface area contributed by atoms with Crippen LogP contribution < -0.4 is 14.9 Å². The molecule has 29 heavy (non-hydrogen) atoms. The summed E-state index contributed by atoms with van der Waals surface area (Å²) in [5, 5.41) is 2.75. The number of rotatable bonds is 7. The van der Waals surface area contributed by atoms with Gasteiger partial charge in [0.25, 0.3) is 15.9 Å². The second kappa shape index (κ2) is 8.38. The topological polar surface area (TPSA) is 97.3 Å². The first kappa shape index (κ1) is 21.1. The van der Waals surface area contributed by atoms with E-state index in [9.17, 15) is 18.0 Å². The van der Waals surface area contributed by atoms with Crippen LogP contribution in [0.3, 0.4) is 0 Å². The van der Waals surface area contributed by atoms with E-state index in [-0.39, 0.29) is 33.0 Å². The molecule has 3 rings (SSSR count). The van der Waals surface area contributed by atoms with E-state index in [0.717, 1.165) is 17.8 Å². The number of benzene rings is 2. The van der Waals surface area contributed by atoms with Crippen molar-refractivity contribution in [2.24, 2.45) is 0 Å². The first-order chi connectivity index (χ1) is 13.7. The standard InChI is InChI=1S/C20H23N3O4S2/c1-4-11-21-19(24)15-7-5-6-8-16(15)22-29(26,27)14-9-10-17-18(12-14)28-20(25)23(17)13(2)3/h5-10,12-13,22H,4,11H2,1-3H3,(H,21,24). The number of anilines is 1. The van der Waals surface area contributed by atoms with Crippen LogP contribution in [-0.4, -0.2) is 25.4 Å². The maximum atomic E-state index is 12.9. The van der Waals surface area contributed by atoms with Crippen LogP contribution in [-0.2, 0) is 10.0 Å². The van der Waals surface area contributed by atoms with Gasteiger partial charge in [-0.15, -0.1) is 0 Å². The van der Waals surface area contributed by atoms with Crippen LogP contribution in [0.25, 0.3) is 10.2 Å². The molecule has 0 atom stereocenters. The number of thiazole rings is 1. The maximum absolute atomic E-state index is 12.9. The highest BCUT2D eigenvalue weighted by molar-refractivity contribution is 7.92. The van der Waals surface area contributed by atoms with Crippen molar-refractivity contribution in [1.82, 2.24) is 9.88 Å². The molecule has 0 radical (unpaired) electrons. The van der Waals surface area contributed by atoms with E-state index < -0.39 is 10.0 Å². The average molecular weight is 434 g/mol.